The SMILES string of the molecule is C#CCNC(=O)CC1(CC(=O)O)CCCC1. The van der Waals surface area contributed by atoms with Crippen LogP contribution in [0.4, 0.5) is 0 Å². The van der Waals surface area contributed by atoms with Crippen LogP contribution in [-0.2, 0) is 9.59 Å². The average Bonchev–Trinajstić information content (AvgIpc) is 2.62. The summed E-state index contributed by atoms with van der Waals surface area (Å²) < 4.78 is 0. The van der Waals surface area contributed by atoms with Crippen LogP contribution >= 0.6 is 0 Å². The molecule has 0 spiro atoms. The van der Waals surface area contributed by atoms with E-state index in [0.29, 0.717) is 0 Å². The van der Waals surface area contributed by atoms with Gasteiger partial charge in [0.2, 0.25) is 5.91 Å². The predicted molar refractivity (Wildman–Crippen MR) is 59.6 cm³/mol. The van der Waals surface area contributed by atoms with Gasteiger partial charge in [-0.1, -0.05) is 18.8 Å². The minimum Gasteiger partial charge on any atom is -0.481 e. The van der Waals surface area contributed by atoms with E-state index < -0.39 is 5.97 Å². The monoisotopic (exact) mass is 223 g/mol. The third-order valence-electron chi connectivity index (χ3n) is 3.11. The maximum absolute atomic E-state index is 11.5. The topological polar surface area (TPSA) is 66.4 Å². The van der Waals surface area contributed by atoms with Crippen molar-refractivity contribution in [3.8, 4) is 12.3 Å². The van der Waals surface area contributed by atoms with Crippen molar-refractivity contribution in [3.05, 3.63) is 0 Å². The van der Waals surface area contributed by atoms with Crippen molar-refractivity contribution in [1.82, 2.24) is 5.32 Å². The average molecular weight is 223 g/mol. The summed E-state index contributed by atoms with van der Waals surface area (Å²) in [6.07, 6.45) is 9.06. The first-order valence-corrected chi connectivity index (χ1v) is 5.50. The van der Waals surface area contributed by atoms with E-state index in [0.717, 1.165) is 25.7 Å². The molecule has 1 saturated carbocycles. The molecule has 88 valence electrons. The van der Waals surface area contributed by atoms with Gasteiger partial charge in [0.25, 0.3) is 0 Å². The maximum atomic E-state index is 11.5. The van der Waals surface area contributed by atoms with Crippen LogP contribution in [0.3, 0.4) is 0 Å². The number of carbonyl (C=O) groups is 2. The lowest BCUT2D eigenvalue weighted by Crippen LogP contribution is -2.32. The van der Waals surface area contributed by atoms with Crippen LogP contribution in [0.1, 0.15) is 38.5 Å². The number of carbonyl (C=O) groups excluding carboxylic acids is 1. The Kier molecular flexibility index (Phi) is 4.36. The molecule has 0 aromatic carbocycles. The molecule has 1 amide bonds. The van der Waals surface area contributed by atoms with Crippen molar-refractivity contribution in [2.75, 3.05) is 6.54 Å². The van der Waals surface area contributed by atoms with Gasteiger partial charge in [0.15, 0.2) is 0 Å². The Morgan fingerprint density at radius 3 is 2.44 bits per heavy atom. The van der Waals surface area contributed by atoms with Gasteiger partial charge in [0.1, 0.15) is 0 Å². The fourth-order valence-electron chi connectivity index (χ4n) is 2.41. The quantitative estimate of drug-likeness (QED) is 0.687. The van der Waals surface area contributed by atoms with Crippen molar-refractivity contribution >= 4 is 11.9 Å². The van der Waals surface area contributed by atoms with Crippen molar-refractivity contribution in [2.24, 2.45) is 5.41 Å². The molecule has 2 N–H and O–H groups in total. The number of carboxylic acid groups (broad SMARTS) is 1. The van der Waals surface area contributed by atoms with Crippen molar-refractivity contribution < 1.29 is 14.7 Å². The summed E-state index contributed by atoms with van der Waals surface area (Å²) in [4.78, 5) is 22.3. The molecule has 1 aliphatic carbocycles. The highest BCUT2D eigenvalue weighted by Gasteiger charge is 2.37. The smallest absolute Gasteiger partial charge is 0.303 e. The molecule has 0 unspecified atom stereocenters. The fraction of sp³-hybridized carbons (Fsp3) is 0.667. The van der Waals surface area contributed by atoms with E-state index in [1.165, 1.54) is 0 Å². The Morgan fingerprint density at radius 1 is 1.31 bits per heavy atom. The number of nitrogens with one attached hydrogen (secondary N) is 1. The maximum Gasteiger partial charge on any atom is 0.303 e. The highest BCUT2D eigenvalue weighted by atomic mass is 16.4. The van der Waals surface area contributed by atoms with Gasteiger partial charge in [-0.25, -0.2) is 0 Å². The Labute approximate surface area is 95.4 Å². The Bertz CT molecular complexity index is 311. The summed E-state index contributed by atoms with van der Waals surface area (Å²) >= 11 is 0. The molecule has 0 bridgehead atoms. The second-order valence-electron chi connectivity index (χ2n) is 4.44. The van der Waals surface area contributed by atoms with Gasteiger partial charge in [-0.05, 0) is 18.3 Å². The zero-order valence-corrected chi connectivity index (χ0v) is 9.29. The number of terminal acetylenes is 1. The number of hydrogen-bond acceptors (Lipinski definition) is 2. The number of rotatable bonds is 5. The lowest BCUT2D eigenvalue weighted by atomic mass is 9.79. The molecule has 1 rings (SSSR count). The molecule has 16 heavy (non-hydrogen) atoms. The molecular weight excluding hydrogens is 206 g/mol. The van der Waals surface area contributed by atoms with Crippen molar-refractivity contribution in [1.29, 1.82) is 0 Å². The number of amides is 1. The first-order valence-electron chi connectivity index (χ1n) is 5.50. The predicted octanol–water partition coefficient (Wildman–Crippen LogP) is 1.16. The van der Waals surface area contributed by atoms with Gasteiger partial charge in [0, 0.05) is 6.42 Å². The molecule has 0 aliphatic heterocycles. The van der Waals surface area contributed by atoms with Crippen molar-refractivity contribution in [2.45, 2.75) is 38.5 Å². The summed E-state index contributed by atoms with van der Waals surface area (Å²) in [7, 11) is 0. The van der Waals surface area contributed by atoms with Crippen molar-refractivity contribution in [3.63, 3.8) is 0 Å². The van der Waals surface area contributed by atoms with E-state index in [9.17, 15) is 9.59 Å². The molecule has 0 atom stereocenters. The Balaban J connectivity index is 2.54. The molecule has 0 aromatic heterocycles. The van der Waals surface area contributed by atoms with Gasteiger partial charge < -0.3 is 10.4 Å². The summed E-state index contributed by atoms with van der Waals surface area (Å²) in [5.41, 5.74) is -0.343. The van der Waals surface area contributed by atoms with Crippen LogP contribution < -0.4 is 5.32 Å². The van der Waals surface area contributed by atoms with Crippen LogP contribution in [-0.4, -0.2) is 23.5 Å². The van der Waals surface area contributed by atoms with E-state index in [-0.39, 0.29) is 30.7 Å². The zero-order valence-electron chi connectivity index (χ0n) is 9.29. The minimum absolute atomic E-state index is 0.0798. The van der Waals surface area contributed by atoms with Crippen LogP contribution in [0.25, 0.3) is 0 Å². The normalized spacial score (nSPS) is 17.7. The molecule has 4 nitrogen and oxygen atoms in total. The zero-order chi connectivity index (χ0) is 12.0. The second kappa shape index (κ2) is 5.55. The van der Waals surface area contributed by atoms with E-state index >= 15 is 0 Å². The van der Waals surface area contributed by atoms with Crippen LogP contribution in [0.15, 0.2) is 0 Å². The summed E-state index contributed by atoms with van der Waals surface area (Å²) in [5.74, 6) is 1.36. The van der Waals surface area contributed by atoms with Gasteiger partial charge in [0.05, 0.1) is 13.0 Å². The highest BCUT2D eigenvalue weighted by Crippen LogP contribution is 2.43. The van der Waals surface area contributed by atoms with Crippen LogP contribution in [0.2, 0.25) is 0 Å². The first-order chi connectivity index (χ1) is 7.58. The van der Waals surface area contributed by atoms with Gasteiger partial charge in [-0.15, -0.1) is 6.42 Å². The number of aliphatic carboxylic acids is 1. The molecular formula is C12H17NO3. The van der Waals surface area contributed by atoms with E-state index in [2.05, 4.69) is 11.2 Å². The number of carboxylic acids is 1. The molecule has 1 fully saturated rings. The summed E-state index contributed by atoms with van der Waals surface area (Å²) in [6, 6.07) is 0. The van der Waals surface area contributed by atoms with Crippen LogP contribution in [0.5, 0.6) is 0 Å². The molecule has 4 heteroatoms. The van der Waals surface area contributed by atoms with E-state index in [1.807, 2.05) is 0 Å². The standard InChI is InChI=1S/C12H17NO3/c1-2-7-13-10(14)8-12(9-11(15)16)5-3-4-6-12/h1H,3-9H2,(H,13,14)(H,15,16). The summed E-state index contributed by atoms with van der Waals surface area (Å²) in [5, 5.41) is 11.5. The van der Waals surface area contributed by atoms with Gasteiger partial charge in [-0.2, -0.15) is 0 Å². The Morgan fingerprint density at radius 2 is 1.94 bits per heavy atom. The van der Waals surface area contributed by atoms with Crippen LogP contribution in [0, 0.1) is 17.8 Å². The lowest BCUT2D eigenvalue weighted by Gasteiger charge is -2.26. The lowest BCUT2D eigenvalue weighted by molar-refractivity contribution is -0.140. The molecule has 0 radical (unpaired) electrons. The molecule has 0 heterocycles. The third-order valence-corrected chi connectivity index (χ3v) is 3.11. The largest absolute Gasteiger partial charge is 0.481 e. The molecule has 1 aliphatic rings. The summed E-state index contributed by atoms with van der Waals surface area (Å²) in [6.45, 7) is 0.210. The van der Waals surface area contributed by atoms with Gasteiger partial charge in [-0.3, -0.25) is 9.59 Å². The second-order valence-corrected chi connectivity index (χ2v) is 4.44. The molecule has 0 aromatic rings. The van der Waals surface area contributed by atoms with E-state index in [4.69, 9.17) is 11.5 Å². The number of hydrogen-bond donors (Lipinski definition) is 2. The third kappa shape index (κ3) is 3.58. The minimum atomic E-state index is -0.827. The van der Waals surface area contributed by atoms with Gasteiger partial charge >= 0.3 is 5.97 Å². The Hall–Kier alpha value is -1.50. The first kappa shape index (κ1) is 12.6. The van der Waals surface area contributed by atoms with E-state index in [1.54, 1.807) is 0 Å². The molecule has 0 saturated heterocycles. The highest BCUT2D eigenvalue weighted by molar-refractivity contribution is 5.78. The fourth-order valence-corrected chi connectivity index (χ4v) is 2.41.